The summed E-state index contributed by atoms with van der Waals surface area (Å²) in [5.74, 6) is -0.921. The molecule has 0 bridgehead atoms. The van der Waals surface area contributed by atoms with E-state index in [4.69, 9.17) is 0 Å². The van der Waals surface area contributed by atoms with Crippen molar-refractivity contribution in [2.75, 3.05) is 24.3 Å². The Balaban J connectivity index is 2.12. The molecule has 2 rings (SSSR count). The van der Waals surface area contributed by atoms with Crippen molar-refractivity contribution in [3.05, 3.63) is 48.0 Å². The van der Waals surface area contributed by atoms with Gasteiger partial charge < -0.3 is 20.4 Å². The average Bonchev–Trinajstić information content (AvgIpc) is 2.42. The number of nitrogens with zero attached hydrogens (tertiary/aromatic N) is 1. The standard InChI is InChI=1S/C15H16N2O3/c1-17(2)12-6-4-11(5-7-12)16-15(20)10-3-8-13(18)14(19)9-10/h3-9,18-19H,1-2H3,(H,16,20). The molecule has 0 spiro atoms. The first-order valence-electron chi connectivity index (χ1n) is 6.08. The van der Waals surface area contributed by atoms with Crippen molar-refractivity contribution < 1.29 is 15.0 Å². The Morgan fingerprint density at radius 2 is 1.65 bits per heavy atom. The lowest BCUT2D eigenvalue weighted by Crippen LogP contribution is -2.12. The van der Waals surface area contributed by atoms with Gasteiger partial charge in [0.2, 0.25) is 0 Å². The zero-order valence-electron chi connectivity index (χ0n) is 11.3. The minimum absolute atomic E-state index is 0.253. The van der Waals surface area contributed by atoms with E-state index in [1.165, 1.54) is 18.2 Å². The van der Waals surface area contributed by atoms with Crippen molar-refractivity contribution in [2.45, 2.75) is 0 Å². The molecule has 0 saturated carbocycles. The Labute approximate surface area is 117 Å². The van der Waals surface area contributed by atoms with Crippen LogP contribution in [0.3, 0.4) is 0 Å². The molecule has 1 amide bonds. The van der Waals surface area contributed by atoms with Crippen molar-refractivity contribution in [1.82, 2.24) is 0 Å². The number of hydrogen-bond donors (Lipinski definition) is 3. The number of hydrogen-bond acceptors (Lipinski definition) is 4. The molecule has 0 unspecified atom stereocenters. The molecule has 2 aromatic rings. The summed E-state index contributed by atoms with van der Waals surface area (Å²) >= 11 is 0. The molecule has 20 heavy (non-hydrogen) atoms. The van der Waals surface area contributed by atoms with Gasteiger partial charge in [-0.1, -0.05) is 0 Å². The number of phenols is 2. The van der Waals surface area contributed by atoms with Gasteiger partial charge in [-0.15, -0.1) is 0 Å². The largest absolute Gasteiger partial charge is 0.504 e. The van der Waals surface area contributed by atoms with E-state index in [1.807, 2.05) is 31.1 Å². The molecule has 0 heterocycles. The Bertz CT molecular complexity index is 622. The summed E-state index contributed by atoms with van der Waals surface area (Å²) in [6, 6.07) is 11.3. The Morgan fingerprint density at radius 3 is 2.20 bits per heavy atom. The number of carbonyl (C=O) groups is 1. The molecule has 5 heteroatoms. The minimum atomic E-state index is -0.349. The van der Waals surface area contributed by atoms with E-state index in [1.54, 1.807) is 12.1 Å². The topological polar surface area (TPSA) is 72.8 Å². The fourth-order valence-electron chi connectivity index (χ4n) is 1.71. The molecular weight excluding hydrogens is 256 g/mol. The highest BCUT2D eigenvalue weighted by Crippen LogP contribution is 2.25. The van der Waals surface area contributed by atoms with E-state index in [2.05, 4.69) is 5.32 Å². The van der Waals surface area contributed by atoms with E-state index in [0.29, 0.717) is 5.69 Å². The maximum atomic E-state index is 12.0. The van der Waals surface area contributed by atoms with Crippen molar-refractivity contribution in [3.63, 3.8) is 0 Å². The van der Waals surface area contributed by atoms with Gasteiger partial charge in [-0.05, 0) is 42.5 Å². The van der Waals surface area contributed by atoms with Crippen molar-refractivity contribution in [1.29, 1.82) is 0 Å². The maximum absolute atomic E-state index is 12.0. The number of anilines is 2. The van der Waals surface area contributed by atoms with Crippen LogP contribution in [0.1, 0.15) is 10.4 Å². The number of carbonyl (C=O) groups excluding carboxylic acids is 1. The molecule has 0 saturated heterocycles. The van der Waals surface area contributed by atoms with Gasteiger partial charge in [0, 0.05) is 31.0 Å². The molecule has 0 aliphatic heterocycles. The lowest BCUT2D eigenvalue weighted by molar-refractivity contribution is 0.102. The minimum Gasteiger partial charge on any atom is -0.504 e. The predicted octanol–water partition coefficient (Wildman–Crippen LogP) is 2.42. The van der Waals surface area contributed by atoms with Crippen LogP contribution in [-0.4, -0.2) is 30.2 Å². The van der Waals surface area contributed by atoms with E-state index in [9.17, 15) is 15.0 Å². The smallest absolute Gasteiger partial charge is 0.255 e. The summed E-state index contributed by atoms with van der Waals surface area (Å²) < 4.78 is 0. The number of amides is 1. The molecule has 0 aliphatic rings. The first-order valence-corrected chi connectivity index (χ1v) is 6.08. The second-order valence-corrected chi connectivity index (χ2v) is 4.60. The molecule has 0 atom stereocenters. The van der Waals surface area contributed by atoms with Crippen molar-refractivity contribution in [2.24, 2.45) is 0 Å². The monoisotopic (exact) mass is 272 g/mol. The number of phenolic OH excluding ortho intramolecular Hbond substituents is 2. The second kappa shape index (κ2) is 5.52. The molecule has 0 radical (unpaired) electrons. The molecule has 0 aromatic heterocycles. The van der Waals surface area contributed by atoms with Crippen LogP contribution in [0, 0.1) is 0 Å². The number of benzene rings is 2. The van der Waals surface area contributed by atoms with Gasteiger partial charge >= 0.3 is 0 Å². The normalized spacial score (nSPS) is 10.1. The Hall–Kier alpha value is -2.69. The first kappa shape index (κ1) is 13.7. The summed E-state index contributed by atoms with van der Waals surface area (Å²) in [5, 5.41) is 21.3. The van der Waals surface area contributed by atoms with Crippen LogP contribution in [0.2, 0.25) is 0 Å². The second-order valence-electron chi connectivity index (χ2n) is 4.60. The Kier molecular flexibility index (Phi) is 3.79. The summed E-state index contributed by atoms with van der Waals surface area (Å²) in [6.45, 7) is 0. The summed E-state index contributed by atoms with van der Waals surface area (Å²) in [7, 11) is 3.87. The maximum Gasteiger partial charge on any atom is 0.255 e. The molecule has 104 valence electrons. The van der Waals surface area contributed by atoms with Crippen LogP contribution in [0.4, 0.5) is 11.4 Å². The fraction of sp³-hybridized carbons (Fsp3) is 0.133. The number of nitrogens with one attached hydrogen (secondary N) is 1. The molecular formula is C15H16N2O3. The highest BCUT2D eigenvalue weighted by atomic mass is 16.3. The Morgan fingerprint density at radius 1 is 1.00 bits per heavy atom. The van der Waals surface area contributed by atoms with Crippen LogP contribution in [0.5, 0.6) is 11.5 Å². The highest BCUT2D eigenvalue weighted by molar-refractivity contribution is 6.04. The molecule has 0 fully saturated rings. The quantitative estimate of drug-likeness (QED) is 0.750. The third kappa shape index (κ3) is 3.00. The van der Waals surface area contributed by atoms with Gasteiger partial charge in [-0.3, -0.25) is 4.79 Å². The van der Waals surface area contributed by atoms with Crippen molar-refractivity contribution in [3.8, 4) is 11.5 Å². The zero-order chi connectivity index (χ0) is 14.7. The van der Waals surface area contributed by atoms with Gasteiger partial charge in [-0.25, -0.2) is 0 Å². The lowest BCUT2D eigenvalue weighted by atomic mass is 10.2. The third-order valence-electron chi connectivity index (χ3n) is 2.88. The average molecular weight is 272 g/mol. The van der Waals surface area contributed by atoms with Gasteiger partial charge in [0.15, 0.2) is 11.5 Å². The first-order chi connectivity index (χ1) is 9.47. The van der Waals surface area contributed by atoms with Crippen LogP contribution in [-0.2, 0) is 0 Å². The molecule has 5 nitrogen and oxygen atoms in total. The summed E-state index contributed by atoms with van der Waals surface area (Å²) in [4.78, 5) is 13.9. The predicted molar refractivity (Wildman–Crippen MR) is 78.5 cm³/mol. The fourth-order valence-corrected chi connectivity index (χ4v) is 1.71. The van der Waals surface area contributed by atoms with Crippen LogP contribution in [0.15, 0.2) is 42.5 Å². The van der Waals surface area contributed by atoms with Crippen molar-refractivity contribution >= 4 is 17.3 Å². The number of rotatable bonds is 3. The lowest BCUT2D eigenvalue weighted by Gasteiger charge is -2.13. The van der Waals surface area contributed by atoms with E-state index < -0.39 is 0 Å². The van der Waals surface area contributed by atoms with Gasteiger partial charge in [0.1, 0.15) is 0 Å². The van der Waals surface area contributed by atoms with Crippen LogP contribution < -0.4 is 10.2 Å². The van der Waals surface area contributed by atoms with Crippen LogP contribution in [0.25, 0.3) is 0 Å². The van der Waals surface area contributed by atoms with E-state index >= 15 is 0 Å². The molecule has 2 aromatic carbocycles. The SMILES string of the molecule is CN(C)c1ccc(NC(=O)c2ccc(O)c(O)c2)cc1. The van der Waals surface area contributed by atoms with Crippen LogP contribution >= 0.6 is 0 Å². The molecule has 0 aliphatic carbocycles. The van der Waals surface area contributed by atoms with Gasteiger partial charge in [0.25, 0.3) is 5.91 Å². The van der Waals surface area contributed by atoms with E-state index in [-0.39, 0.29) is 23.0 Å². The highest BCUT2D eigenvalue weighted by Gasteiger charge is 2.09. The van der Waals surface area contributed by atoms with E-state index in [0.717, 1.165) is 5.69 Å². The van der Waals surface area contributed by atoms with Gasteiger partial charge in [0.05, 0.1) is 0 Å². The summed E-state index contributed by atoms with van der Waals surface area (Å²) in [6.07, 6.45) is 0. The van der Waals surface area contributed by atoms with Gasteiger partial charge in [-0.2, -0.15) is 0 Å². The summed E-state index contributed by atoms with van der Waals surface area (Å²) in [5.41, 5.74) is 1.97. The molecule has 3 N–H and O–H groups in total. The zero-order valence-corrected chi connectivity index (χ0v) is 11.3. The number of aromatic hydroxyl groups is 2. The third-order valence-corrected chi connectivity index (χ3v) is 2.88.